The van der Waals surface area contributed by atoms with Crippen molar-refractivity contribution < 1.29 is 24.5 Å². The van der Waals surface area contributed by atoms with Crippen molar-refractivity contribution in [2.75, 3.05) is 5.75 Å². The maximum atomic E-state index is 12.4. The van der Waals surface area contributed by atoms with Crippen molar-refractivity contribution in [1.82, 2.24) is 0 Å². The molecule has 0 radical (unpaired) electrons. The topological polar surface area (TPSA) is 76.0 Å². The number of carbonyl (C=O) groups is 1. The number of aliphatic hydroxyl groups excluding tert-OH is 2. The number of ether oxygens (including phenoxy) is 2. The minimum absolute atomic E-state index is 0.415. The second-order valence-electron chi connectivity index (χ2n) is 6.15. The van der Waals surface area contributed by atoms with Gasteiger partial charge in [0.25, 0.3) is 0 Å². The summed E-state index contributed by atoms with van der Waals surface area (Å²) < 4.78 is 11.0. The van der Waals surface area contributed by atoms with Gasteiger partial charge < -0.3 is 19.7 Å². The molecule has 3 unspecified atom stereocenters. The molecule has 5 nitrogen and oxygen atoms in total. The Hall–Kier alpha value is -1.08. The fourth-order valence-electron chi connectivity index (χ4n) is 3.87. The Labute approximate surface area is 132 Å². The molecule has 5 atom stereocenters. The molecule has 0 amide bonds. The van der Waals surface area contributed by atoms with Crippen LogP contribution >= 0.6 is 11.8 Å². The maximum absolute atomic E-state index is 12.4. The largest absolute Gasteiger partial charge is 0.429 e. The lowest BCUT2D eigenvalue weighted by Gasteiger charge is -2.39. The van der Waals surface area contributed by atoms with Crippen LogP contribution in [0, 0.1) is 0 Å². The Morgan fingerprint density at radius 3 is 2.64 bits per heavy atom. The quantitative estimate of drug-likeness (QED) is 0.761. The summed E-state index contributed by atoms with van der Waals surface area (Å²) in [6.45, 7) is 0. The van der Waals surface area contributed by atoms with Crippen LogP contribution in [-0.4, -0.2) is 44.7 Å². The van der Waals surface area contributed by atoms with E-state index in [1.165, 1.54) is 11.8 Å². The lowest BCUT2D eigenvalue weighted by molar-refractivity contribution is -0.203. The first-order chi connectivity index (χ1) is 10.6. The lowest BCUT2D eigenvalue weighted by atomic mass is 9.91. The summed E-state index contributed by atoms with van der Waals surface area (Å²) in [5.74, 6) is -1.12. The molecule has 2 aliphatic heterocycles. The van der Waals surface area contributed by atoms with Crippen LogP contribution in [0.1, 0.15) is 30.9 Å². The summed E-state index contributed by atoms with van der Waals surface area (Å²) in [6, 6.07) is 9.25. The van der Waals surface area contributed by atoms with E-state index >= 15 is 0 Å². The van der Waals surface area contributed by atoms with Crippen molar-refractivity contribution in [2.45, 2.75) is 48.1 Å². The van der Waals surface area contributed by atoms with Gasteiger partial charge in [0.15, 0.2) is 6.10 Å². The van der Waals surface area contributed by atoms with E-state index in [0.717, 1.165) is 12.0 Å². The summed E-state index contributed by atoms with van der Waals surface area (Å²) in [6.07, 6.45) is -0.489. The molecule has 1 aliphatic carbocycles. The van der Waals surface area contributed by atoms with E-state index in [2.05, 4.69) is 0 Å². The van der Waals surface area contributed by atoms with Crippen molar-refractivity contribution in [3.05, 3.63) is 35.9 Å². The second kappa shape index (κ2) is 4.96. The molecule has 22 heavy (non-hydrogen) atoms. The van der Waals surface area contributed by atoms with Gasteiger partial charge in [-0.3, -0.25) is 0 Å². The Balaban J connectivity index is 1.69. The van der Waals surface area contributed by atoms with Gasteiger partial charge in [-0.2, -0.15) is 0 Å². The smallest absolute Gasteiger partial charge is 0.342 e. The normalized spacial score (nSPS) is 44.1. The molecule has 0 aromatic heterocycles. The summed E-state index contributed by atoms with van der Waals surface area (Å²) in [5.41, 5.74) is 0.754. The molecular weight excluding hydrogens is 304 g/mol. The molecule has 118 valence electrons. The van der Waals surface area contributed by atoms with Gasteiger partial charge in [0.2, 0.25) is 5.79 Å². The standard InChI is InChI=1S/C16H18O5S/c17-11-9-22-15(13(11)18)7-4-8-16(15)20-12(14(19)21-16)10-5-2-1-3-6-10/h1-3,5-6,11-13,17-18H,4,7-9H2/t11-,12?,13?,15?,16+/m1/s1. The number of thioether (sulfide) groups is 1. The third kappa shape index (κ3) is 1.81. The first-order valence-electron chi connectivity index (χ1n) is 7.54. The number of esters is 1. The highest BCUT2D eigenvalue weighted by molar-refractivity contribution is 8.01. The molecule has 6 heteroatoms. The molecule has 4 rings (SSSR count). The van der Waals surface area contributed by atoms with Crippen LogP contribution in [0.4, 0.5) is 0 Å². The highest BCUT2D eigenvalue weighted by Gasteiger charge is 2.70. The molecule has 1 aromatic carbocycles. The Kier molecular flexibility index (Phi) is 3.27. The monoisotopic (exact) mass is 322 g/mol. The van der Waals surface area contributed by atoms with E-state index in [-0.39, 0.29) is 0 Å². The Morgan fingerprint density at radius 2 is 1.95 bits per heavy atom. The molecule has 2 N–H and O–H groups in total. The van der Waals surface area contributed by atoms with Crippen LogP contribution in [0.3, 0.4) is 0 Å². The first kappa shape index (κ1) is 14.5. The fraction of sp³-hybridized carbons (Fsp3) is 0.562. The van der Waals surface area contributed by atoms with Crippen molar-refractivity contribution in [3.63, 3.8) is 0 Å². The molecule has 1 saturated carbocycles. The predicted molar refractivity (Wildman–Crippen MR) is 80.1 cm³/mol. The highest BCUT2D eigenvalue weighted by Crippen LogP contribution is 2.60. The van der Waals surface area contributed by atoms with Gasteiger partial charge in [0.05, 0.1) is 6.10 Å². The molecule has 2 saturated heterocycles. The molecule has 3 fully saturated rings. The van der Waals surface area contributed by atoms with Crippen LogP contribution in [0.25, 0.3) is 0 Å². The van der Waals surface area contributed by atoms with Gasteiger partial charge in [-0.1, -0.05) is 30.3 Å². The van der Waals surface area contributed by atoms with E-state index in [9.17, 15) is 15.0 Å². The third-order valence-corrected chi connectivity index (χ3v) is 6.72. The van der Waals surface area contributed by atoms with Crippen LogP contribution < -0.4 is 0 Å². The number of benzene rings is 1. The van der Waals surface area contributed by atoms with Crippen LogP contribution in [0.15, 0.2) is 30.3 Å². The lowest BCUT2D eigenvalue weighted by Crippen LogP contribution is -2.56. The number of hydrogen-bond acceptors (Lipinski definition) is 6. The van der Waals surface area contributed by atoms with Crippen LogP contribution in [0.5, 0.6) is 0 Å². The summed E-state index contributed by atoms with van der Waals surface area (Å²) in [4.78, 5) is 12.4. The minimum atomic E-state index is -1.13. The zero-order valence-electron chi connectivity index (χ0n) is 12.0. The second-order valence-corrected chi connectivity index (χ2v) is 7.50. The molecule has 3 aliphatic rings. The number of fused-ring (bicyclic) bond motifs is 1. The third-order valence-electron chi connectivity index (χ3n) is 4.94. The van der Waals surface area contributed by atoms with Crippen LogP contribution in [-0.2, 0) is 14.3 Å². The van der Waals surface area contributed by atoms with Crippen LogP contribution in [0.2, 0.25) is 0 Å². The number of carbonyl (C=O) groups excluding carboxylic acids is 1. The van der Waals surface area contributed by atoms with Gasteiger partial charge >= 0.3 is 5.97 Å². The van der Waals surface area contributed by atoms with Gasteiger partial charge in [0, 0.05) is 12.2 Å². The van der Waals surface area contributed by atoms with E-state index in [0.29, 0.717) is 18.6 Å². The summed E-state index contributed by atoms with van der Waals surface area (Å²) >= 11 is 1.46. The van der Waals surface area contributed by atoms with Gasteiger partial charge in [-0.25, -0.2) is 4.79 Å². The van der Waals surface area contributed by atoms with E-state index in [1.807, 2.05) is 30.3 Å². The number of rotatable bonds is 1. The van der Waals surface area contributed by atoms with Crippen molar-refractivity contribution in [3.8, 4) is 0 Å². The van der Waals surface area contributed by atoms with Crippen molar-refractivity contribution in [2.24, 2.45) is 0 Å². The zero-order valence-corrected chi connectivity index (χ0v) is 12.8. The van der Waals surface area contributed by atoms with Crippen molar-refractivity contribution >= 4 is 17.7 Å². The van der Waals surface area contributed by atoms with E-state index < -0.39 is 34.8 Å². The number of aliphatic hydroxyl groups is 2. The van der Waals surface area contributed by atoms with Crippen molar-refractivity contribution in [1.29, 1.82) is 0 Å². The average molecular weight is 322 g/mol. The molecule has 0 bridgehead atoms. The van der Waals surface area contributed by atoms with Gasteiger partial charge in [0.1, 0.15) is 10.9 Å². The molecule has 2 spiro atoms. The van der Waals surface area contributed by atoms with Gasteiger partial charge in [-0.15, -0.1) is 11.8 Å². The Bertz CT molecular complexity index is 593. The molecular formula is C16H18O5S. The highest BCUT2D eigenvalue weighted by atomic mass is 32.2. The van der Waals surface area contributed by atoms with E-state index in [4.69, 9.17) is 9.47 Å². The zero-order chi connectivity index (χ0) is 15.4. The Morgan fingerprint density at radius 1 is 1.18 bits per heavy atom. The van der Waals surface area contributed by atoms with Gasteiger partial charge in [-0.05, 0) is 18.4 Å². The number of hydrogen-bond donors (Lipinski definition) is 2. The first-order valence-corrected chi connectivity index (χ1v) is 8.52. The fourth-order valence-corrected chi connectivity index (χ4v) is 5.55. The molecule has 1 aromatic rings. The molecule has 2 heterocycles. The SMILES string of the molecule is O=C1O[C@]2(CCCC23SC[C@@H](O)C3O)OC1c1ccccc1. The summed E-state index contributed by atoms with van der Waals surface area (Å²) in [7, 11) is 0. The minimum Gasteiger partial charge on any atom is -0.429 e. The van der Waals surface area contributed by atoms with E-state index in [1.54, 1.807) is 0 Å². The average Bonchev–Trinajstić information content (AvgIpc) is 3.15. The predicted octanol–water partition coefficient (Wildman–Crippen LogP) is 1.39. The summed E-state index contributed by atoms with van der Waals surface area (Å²) in [5, 5.41) is 20.4. The maximum Gasteiger partial charge on any atom is 0.342 e.